The number of nitrogens with zero attached hydrogens (tertiary/aromatic N) is 4. The molecule has 0 spiro atoms. The van der Waals surface area contributed by atoms with Crippen LogP contribution in [0.3, 0.4) is 0 Å². The second-order valence-corrected chi connectivity index (χ2v) is 7.73. The Morgan fingerprint density at radius 3 is 2.39 bits per heavy atom. The largest absolute Gasteiger partial charge is 0.378 e. The number of morpholine rings is 1. The summed E-state index contributed by atoms with van der Waals surface area (Å²) in [4.78, 5) is 15.9. The van der Waals surface area contributed by atoms with Crippen LogP contribution in [0.5, 0.6) is 0 Å². The van der Waals surface area contributed by atoms with Gasteiger partial charge in [-0.3, -0.25) is 4.98 Å². The molecule has 1 saturated heterocycles. The molecule has 0 aliphatic carbocycles. The molecule has 0 unspecified atom stereocenters. The van der Waals surface area contributed by atoms with Gasteiger partial charge in [-0.25, -0.2) is 9.97 Å². The Hall–Kier alpha value is -3.51. The number of hydrogen-bond acceptors (Lipinski definition) is 6. The van der Waals surface area contributed by atoms with Crippen molar-refractivity contribution in [3.8, 4) is 11.1 Å². The molecule has 1 aliphatic rings. The van der Waals surface area contributed by atoms with Crippen molar-refractivity contribution in [3.63, 3.8) is 0 Å². The Balaban J connectivity index is 1.38. The topological polar surface area (TPSA) is 63.2 Å². The number of anilines is 2. The van der Waals surface area contributed by atoms with E-state index in [0.717, 1.165) is 54.4 Å². The van der Waals surface area contributed by atoms with Crippen LogP contribution < -0.4 is 10.2 Å². The summed E-state index contributed by atoms with van der Waals surface area (Å²) in [6.07, 6.45) is 5.57. The lowest BCUT2D eigenvalue weighted by atomic mass is 10.0. The van der Waals surface area contributed by atoms with Gasteiger partial charge in [0.25, 0.3) is 0 Å². The summed E-state index contributed by atoms with van der Waals surface area (Å²) in [5.74, 6) is 1.83. The molecule has 1 aromatic carbocycles. The fourth-order valence-electron chi connectivity index (χ4n) is 3.98. The monoisotopic (exact) mass is 411 g/mol. The molecule has 6 nitrogen and oxygen atoms in total. The molecule has 0 amide bonds. The Morgan fingerprint density at radius 1 is 0.871 bits per heavy atom. The molecule has 4 heterocycles. The number of rotatable bonds is 5. The molecule has 31 heavy (non-hydrogen) atoms. The van der Waals surface area contributed by atoms with Gasteiger partial charge in [-0.2, -0.15) is 0 Å². The molecule has 0 saturated carbocycles. The third-order valence-electron chi connectivity index (χ3n) is 5.61. The summed E-state index contributed by atoms with van der Waals surface area (Å²) >= 11 is 0. The molecule has 0 radical (unpaired) electrons. The van der Waals surface area contributed by atoms with Gasteiger partial charge in [-0.1, -0.05) is 24.3 Å². The van der Waals surface area contributed by atoms with E-state index in [2.05, 4.69) is 55.5 Å². The number of benzene rings is 1. The lowest BCUT2D eigenvalue weighted by Crippen LogP contribution is -2.36. The van der Waals surface area contributed by atoms with E-state index in [1.165, 1.54) is 16.7 Å². The quantitative estimate of drug-likeness (QED) is 0.524. The standard InChI is InChI=1S/C25H25N5O/c1-18-16-22(8-9-26-18)20-4-2-19(3-5-20)17-29-24-23-21(6-10-27-24)7-11-28-25(23)30-12-14-31-15-13-30/h2-11,16H,12-15,17H2,1H3,(H,27,29). The third kappa shape index (κ3) is 4.20. The zero-order chi connectivity index (χ0) is 21.0. The Labute approximate surface area is 181 Å². The van der Waals surface area contributed by atoms with Crippen LogP contribution in [-0.2, 0) is 11.3 Å². The first-order chi connectivity index (χ1) is 15.3. The highest BCUT2D eigenvalue weighted by Gasteiger charge is 2.17. The maximum absolute atomic E-state index is 5.51. The molecular formula is C25H25N5O. The smallest absolute Gasteiger partial charge is 0.140 e. The molecule has 1 aliphatic heterocycles. The van der Waals surface area contributed by atoms with Crippen molar-refractivity contribution in [1.29, 1.82) is 0 Å². The van der Waals surface area contributed by atoms with Gasteiger partial charge in [-0.15, -0.1) is 0 Å². The number of hydrogen-bond donors (Lipinski definition) is 1. The summed E-state index contributed by atoms with van der Waals surface area (Å²) in [6, 6.07) is 16.9. The van der Waals surface area contributed by atoms with Gasteiger partial charge in [0.05, 0.1) is 18.6 Å². The minimum absolute atomic E-state index is 0.694. The van der Waals surface area contributed by atoms with E-state index in [4.69, 9.17) is 4.74 Å². The molecule has 0 atom stereocenters. The average Bonchev–Trinajstić information content (AvgIpc) is 2.83. The summed E-state index contributed by atoms with van der Waals surface area (Å²) in [5, 5.41) is 5.73. The fourth-order valence-corrected chi connectivity index (χ4v) is 3.98. The first-order valence-electron chi connectivity index (χ1n) is 10.6. The molecular weight excluding hydrogens is 386 g/mol. The first kappa shape index (κ1) is 19.5. The number of pyridine rings is 3. The van der Waals surface area contributed by atoms with E-state index in [9.17, 15) is 0 Å². The minimum Gasteiger partial charge on any atom is -0.378 e. The highest BCUT2D eigenvalue weighted by atomic mass is 16.5. The predicted octanol–water partition coefficient (Wildman–Crippen LogP) is 4.45. The molecule has 0 bridgehead atoms. The first-order valence-corrected chi connectivity index (χ1v) is 10.6. The van der Waals surface area contributed by atoms with Crippen molar-refractivity contribution in [2.45, 2.75) is 13.5 Å². The van der Waals surface area contributed by atoms with Crippen LogP contribution in [0.1, 0.15) is 11.3 Å². The van der Waals surface area contributed by atoms with Crippen LogP contribution in [-0.4, -0.2) is 41.3 Å². The number of fused-ring (bicyclic) bond motifs is 1. The van der Waals surface area contributed by atoms with Crippen LogP contribution in [0.15, 0.2) is 67.1 Å². The van der Waals surface area contributed by atoms with Gasteiger partial charge in [0, 0.05) is 43.9 Å². The normalized spacial score (nSPS) is 14.0. The zero-order valence-electron chi connectivity index (χ0n) is 17.6. The van der Waals surface area contributed by atoms with Crippen LogP contribution in [0.25, 0.3) is 21.9 Å². The summed E-state index contributed by atoms with van der Waals surface area (Å²) in [6.45, 7) is 5.85. The van der Waals surface area contributed by atoms with Gasteiger partial charge in [0.2, 0.25) is 0 Å². The van der Waals surface area contributed by atoms with Crippen molar-refractivity contribution in [1.82, 2.24) is 15.0 Å². The maximum Gasteiger partial charge on any atom is 0.140 e. The van der Waals surface area contributed by atoms with Gasteiger partial charge >= 0.3 is 0 Å². The molecule has 5 rings (SSSR count). The molecule has 1 N–H and O–H groups in total. The van der Waals surface area contributed by atoms with Gasteiger partial charge < -0.3 is 15.0 Å². The lowest BCUT2D eigenvalue weighted by molar-refractivity contribution is 0.122. The fraction of sp³-hybridized carbons (Fsp3) is 0.240. The lowest BCUT2D eigenvalue weighted by Gasteiger charge is -2.29. The highest BCUT2D eigenvalue weighted by molar-refractivity contribution is 6.00. The maximum atomic E-state index is 5.51. The predicted molar refractivity (Wildman–Crippen MR) is 124 cm³/mol. The minimum atomic E-state index is 0.694. The SMILES string of the molecule is Cc1cc(-c2ccc(CNc3nccc4ccnc(N5CCOCC5)c34)cc2)ccn1. The number of ether oxygens (including phenoxy) is 1. The van der Waals surface area contributed by atoms with Crippen molar-refractivity contribution in [2.24, 2.45) is 0 Å². The van der Waals surface area contributed by atoms with Crippen LogP contribution >= 0.6 is 0 Å². The third-order valence-corrected chi connectivity index (χ3v) is 5.61. The van der Waals surface area contributed by atoms with Gasteiger partial charge in [-0.05, 0) is 53.3 Å². The number of nitrogens with one attached hydrogen (secondary N) is 1. The molecule has 4 aromatic rings. The zero-order valence-corrected chi connectivity index (χ0v) is 17.6. The van der Waals surface area contributed by atoms with E-state index in [-0.39, 0.29) is 0 Å². The Morgan fingerprint density at radius 2 is 1.61 bits per heavy atom. The average molecular weight is 412 g/mol. The van der Waals surface area contributed by atoms with E-state index in [1.807, 2.05) is 43.7 Å². The van der Waals surface area contributed by atoms with E-state index >= 15 is 0 Å². The van der Waals surface area contributed by atoms with Crippen LogP contribution in [0.4, 0.5) is 11.6 Å². The molecule has 6 heteroatoms. The second-order valence-electron chi connectivity index (χ2n) is 7.73. The molecule has 1 fully saturated rings. The highest BCUT2D eigenvalue weighted by Crippen LogP contribution is 2.30. The van der Waals surface area contributed by atoms with Crippen molar-refractivity contribution in [2.75, 3.05) is 36.5 Å². The Bertz CT molecular complexity index is 1180. The number of aromatic nitrogens is 3. The summed E-state index contributed by atoms with van der Waals surface area (Å²) in [7, 11) is 0. The van der Waals surface area contributed by atoms with E-state index in [0.29, 0.717) is 6.54 Å². The summed E-state index contributed by atoms with van der Waals surface area (Å²) < 4.78 is 5.51. The number of aryl methyl sites for hydroxylation is 1. The second kappa shape index (κ2) is 8.70. The van der Waals surface area contributed by atoms with Crippen molar-refractivity contribution >= 4 is 22.4 Å². The van der Waals surface area contributed by atoms with Crippen LogP contribution in [0, 0.1) is 6.92 Å². The van der Waals surface area contributed by atoms with E-state index in [1.54, 1.807) is 0 Å². The van der Waals surface area contributed by atoms with E-state index < -0.39 is 0 Å². The van der Waals surface area contributed by atoms with Gasteiger partial charge in [0.1, 0.15) is 11.6 Å². The molecule has 3 aromatic heterocycles. The van der Waals surface area contributed by atoms with Crippen molar-refractivity contribution in [3.05, 3.63) is 78.4 Å². The molecule has 156 valence electrons. The summed E-state index contributed by atoms with van der Waals surface area (Å²) in [5.41, 5.74) is 4.60. The van der Waals surface area contributed by atoms with Crippen LogP contribution in [0.2, 0.25) is 0 Å². The Kier molecular flexibility index (Phi) is 5.46. The van der Waals surface area contributed by atoms with Crippen molar-refractivity contribution < 1.29 is 4.74 Å². The van der Waals surface area contributed by atoms with Gasteiger partial charge in [0.15, 0.2) is 0 Å².